The van der Waals surface area contributed by atoms with Crippen LogP contribution in [0.25, 0.3) is 11.0 Å². The van der Waals surface area contributed by atoms with E-state index in [-0.39, 0.29) is 17.9 Å². The van der Waals surface area contributed by atoms with Crippen LogP contribution < -0.4 is 14.8 Å². The number of hydrogen-bond donors (Lipinski definition) is 2. The Kier molecular flexibility index (Phi) is 7.50. The summed E-state index contributed by atoms with van der Waals surface area (Å²) in [5.41, 5.74) is 1.67. The lowest BCUT2D eigenvalue weighted by Gasteiger charge is -2.09. The number of carbonyl (C=O) groups excluding carboxylic acids is 2. The molecule has 1 aromatic heterocycles. The third kappa shape index (κ3) is 6.20. The molecule has 0 bridgehead atoms. The molecule has 10 nitrogen and oxygen atoms in total. The minimum atomic E-state index is -3.78. The highest BCUT2D eigenvalue weighted by Gasteiger charge is 2.15. The summed E-state index contributed by atoms with van der Waals surface area (Å²) in [7, 11) is -3.78. The van der Waals surface area contributed by atoms with Crippen LogP contribution in [-0.4, -0.2) is 48.8 Å². The molecule has 0 aliphatic carbocycles. The first kappa shape index (κ1) is 22.6. The number of anilines is 1. The maximum atomic E-state index is 12.3. The molecule has 0 saturated carbocycles. The Morgan fingerprint density at radius 3 is 2.61 bits per heavy atom. The number of amides is 1. The van der Waals surface area contributed by atoms with E-state index in [1.165, 1.54) is 12.1 Å². The average Bonchev–Trinajstić information content (AvgIpc) is 3.23. The summed E-state index contributed by atoms with van der Waals surface area (Å²) in [4.78, 5) is 23.9. The maximum Gasteiger partial charge on any atom is 0.307 e. The van der Waals surface area contributed by atoms with E-state index >= 15 is 0 Å². The van der Waals surface area contributed by atoms with Crippen LogP contribution in [0.15, 0.2) is 47.4 Å². The van der Waals surface area contributed by atoms with Crippen molar-refractivity contribution >= 4 is 50.3 Å². The fraction of sp³-hybridized carbons (Fsp3) is 0.263. The number of rotatable bonds is 10. The van der Waals surface area contributed by atoms with E-state index < -0.39 is 28.5 Å². The maximum absolute atomic E-state index is 12.3. The summed E-state index contributed by atoms with van der Waals surface area (Å²) in [6.07, 6.45) is -0.227. The van der Waals surface area contributed by atoms with E-state index in [0.29, 0.717) is 29.1 Å². The number of fused-ring (bicyclic) bond motifs is 1. The molecule has 31 heavy (non-hydrogen) atoms. The molecule has 0 aliphatic heterocycles. The number of carbonyl (C=O) groups is 2. The fourth-order valence-electron chi connectivity index (χ4n) is 2.56. The average molecular weight is 465 g/mol. The monoisotopic (exact) mass is 464 g/mol. The van der Waals surface area contributed by atoms with Gasteiger partial charge in [-0.1, -0.05) is 6.07 Å². The molecular weight excluding hydrogens is 444 g/mol. The highest BCUT2D eigenvalue weighted by Crippen LogP contribution is 2.21. The van der Waals surface area contributed by atoms with E-state index in [9.17, 15) is 18.0 Å². The minimum absolute atomic E-state index is 0.0504. The van der Waals surface area contributed by atoms with Crippen LogP contribution in [0, 0.1) is 0 Å². The predicted molar refractivity (Wildman–Crippen MR) is 114 cm³/mol. The molecule has 0 saturated heterocycles. The van der Waals surface area contributed by atoms with E-state index in [0.717, 1.165) is 11.7 Å². The molecule has 0 unspecified atom stereocenters. The molecule has 0 atom stereocenters. The summed E-state index contributed by atoms with van der Waals surface area (Å²) in [6, 6.07) is 11.1. The van der Waals surface area contributed by atoms with Gasteiger partial charge in [-0.25, -0.2) is 13.1 Å². The zero-order valence-corrected chi connectivity index (χ0v) is 18.2. The highest BCUT2D eigenvalue weighted by atomic mass is 32.2. The van der Waals surface area contributed by atoms with Gasteiger partial charge in [0.05, 0.1) is 35.3 Å². The van der Waals surface area contributed by atoms with Crippen LogP contribution in [0.3, 0.4) is 0 Å². The lowest BCUT2D eigenvalue weighted by Crippen LogP contribution is -2.28. The first-order valence-electron chi connectivity index (χ1n) is 9.28. The third-order valence-corrected chi connectivity index (χ3v) is 6.01. The second kappa shape index (κ2) is 10.3. The van der Waals surface area contributed by atoms with Crippen LogP contribution in [-0.2, 0) is 24.3 Å². The number of esters is 1. The smallest absolute Gasteiger partial charge is 0.307 e. The number of aromatic nitrogens is 2. The van der Waals surface area contributed by atoms with Crippen molar-refractivity contribution in [1.29, 1.82) is 0 Å². The van der Waals surface area contributed by atoms with Crippen molar-refractivity contribution in [3.05, 3.63) is 42.5 Å². The van der Waals surface area contributed by atoms with Crippen molar-refractivity contribution in [3.63, 3.8) is 0 Å². The number of hydrogen-bond acceptors (Lipinski definition) is 9. The molecule has 2 N–H and O–H groups in total. The van der Waals surface area contributed by atoms with Crippen molar-refractivity contribution in [2.75, 3.05) is 25.1 Å². The largest absolute Gasteiger partial charge is 0.494 e. The Balaban J connectivity index is 1.42. The van der Waals surface area contributed by atoms with Gasteiger partial charge in [0.15, 0.2) is 6.61 Å². The van der Waals surface area contributed by atoms with Crippen LogP contribution in [0.1, 0.15) is 13.3 Å². The molecule has 0 spiro atoms. The zero-order valence-electron chi connectivity index (χ0n) is 16.5. The van der Waals surface area contributed by atoms with Crippen molar-refractivity contribution < 1.29 is 27.5 Å². The Labute approximate surface area is 182 Å². The van der Waals surface area contributed by atoms with Crippen molar-refractivity contribution in [3.8, 4) is 5.75 Å². The van der Waals surface area contributed by atoms with Gasteiger partial charge >= 0.3 is 5.97 Å². The molecular formula is C19H20N4O6S2. The summed E-state index contributed by atoms with van der Waals surface area (Å²) in [5, 5.41) is 2.61. The Bertz CT molecular complexity index is 1160. The molecule has 1 heterocycles. The zero-order chi connectivity index (χ0) is 22.3. The van der Waals surface area contributed by atoms with Gasteiger partial charge in [0.25, 0.3) is 5.91 Å². The number of sulfonamides is 1. The summed E-state index contributed by atoms with van der Waals surface area (Å²) >= 11 is 1.03. The predicted octanol–water partition coefficient (Wildman–Crippen LogP) is 1.94. The van der Waals surface area contributed by atoms with E-state index in [1.54, 1.807) is 30.3 Å². The molecule has 0 aliphatic rings. The van der Waals surface area contributed by atoms with Gasteiger partial charge in [-0.15, -0.1) is 0 Å². The highest BCUT2D eigenvalue weighted by molar-refractivity contribution is 7.89. The number of nitrogens with zero attached hydrogens (tertiary/aromatic N) is 2. The molecule has 0 radical (unpaired) electrons. The number of benzene rings is 2. The second-order valence-corrected chi connectivity index (χ2v) is 8.49. The normalized spacial score (nSPS) is 11.3. The molecule has 164 valence electrons. The minimum Gasteiger partial charge on any atom is -0.494 e. The van der Waals surface area contributed by atoms with Gasteiger partial charge in [-0.3, -0.25) is 9.59 Å². The van der Waals surface area contributed by atoms with Gasteiger partial charge in [0, 0.05) is 6.54 Å². The standard InChI is InChI=1S/C19H20N4O6S2/c1-2-28-13-6-8-14(9-7-13)31(26,27)20-11-10-18(25)29-12-17(24)21-15-4-3-5-16-19(15)23-30-22-16/h3-9,20H,2,10-12H2,1H3,(H,21,24). The molecule has 3 rings (SSSR count). The van der Waals surface area contributed by atoms with Gasteiger partial charge in [0.2, 0.25) is 10.0 Å². The molecule has 1 amide bonds. The number of nitrogens with one attached hydrogen (secondary N) is 2. The van der Waals surface area contributed by atoms with Crippen LogP contribution in [0.2, 0.25) is 0 Å². The SMILES string of the molecule is CCOc1ccc(S(=O)(=O)NCCC(=O)OCC(=O)Nc2cccc3nsnc23)cc1. The Morgan fingerprint density at radius 1 is 1.10 bits per heavy atom. The molecule has 12 heteroatoms. The molecule has 2 aromatic carbocycles. The fourth-order valence-corrected chi connectivity index (χ4v) is 4.15. The van der Waals surface area contributed by atoms with E-state index in [1.807, 2.05) is 6.92 Å². The van der Waals surface area contributed by atoms with Crippen molar-refractivity contribution in [1.82, 2.24) is 13.5 Å². The Hall–Kier alpha value is -3.09. The van der Waals surface area contributed by atoms with Crippen molar-refractivity contribution in [2.45, 2.75) is 18.2 Å². The second-order valence-electron chi connectivity index (χ2n) is 6.20. The lowest BCUT2D eigenvalue weighted by atomic mass is 10.2. The third-order valence-electron chi connectivity index (χ3n) is 3.99. The van der Waals surface area contributed by atoms with Crippen LogP contribution >= 0.6 is 11.7 Å². The summed E-state index contributed by atoms with van der Waals surface area (Å²) in [5.74, 6) is -0.688. The van der Waals surface area contributed by atoms with Crippen LogP contribution in [0.4, 0.5) is 5.69 Å². The summed E-state index contributed by atoms with van der Waals surface area (Å²) < 4.78 is 45.2. The molecule has 3 aromatic rings. The van der Waals surface area contributed by atoms with E-state index in [2.05, 4.69) is 18.8 Å². The van der Waals surface area contributed by atoms with Gasteiger partial charge in [-0.05, 0) is 43.3 Å². The van der Waals surface area contributed by atoms with Gasteiger partial charge in [0.1, 0.15) is 16.8 Å². The number of ether oxygens (including phenoxy) is 2. The topological polar surface area (TPSA) is 137 Å². The summed E-state index contributed by atoms with van der Waals surface area (Å²) in [6.45, 7) is 1.63. The quantitative estimate of drug-likeness (QED) is 0.434. The first-order valence-corrected chi connectivity index (χ1v) is 11.5. The lowest BCUT2D eigenvalue weighted by molar-refractivity contribution is -0.147. The van der Waals surface area contributed by atoms with Crippen molar-refractivity contribution in [2.24, 2.45) is 0 Å². The first-order chi connectivity index (χ1) is 14.9. The van der Waals surface area contributed by atoms with Crippen LogP contribution in [0.5, 0.6) is 5.75 Å². The van der Waals surface area contributed by atoms with Gasteiger partial charge < -0.3 is 14.8 Å². The van der Waals surface area contributed by atoms with E-state index in [4.69, 9.17) is 9.47 Å². The van der Waals surface area contributed by atoms with Gasteiger partial charge in [-0.2, -0.15) is 8.75 Å². The molecule has 0 fully saturated rings. The Morgan fingerprint density at radius 2 is 1.87 bits per heavy atom.